The second-order valence-corrected chi connectivity index (χ2v) is 4.02. The SMILES string of the molecule is O=Cc1cccn1CCOC1CCCC1. The quantitative estimate of drug-likeness (QED) is 0.693. The van der Waals surface area contributed by atoms with Gasteiger partial charge in [-0.1, -0.05) is 12.8 Å². The van der Waals surface area contributed by atoms with Crippen LogP contribution in [-0.4, -0.2) is 23.6 Å². The second kappa shape index (κ2) is 5.12. The highest BCUT2D eigenvalue weighted by Crippen LogP contribution is 2.20. The van der Waals surface area contributed by atoms with Crippen LogP contribution in [-0.2, 0) is 11.3 Å². The number of ether oxygens (including phenoxy) is 1. The zero-order valence-electron chi connectivity index (χ0n) is 8.89. The van der Waals surface area contributed by atoms with E-state index in [2.05, 4.69) is 0 Å². The van der Waals surface area contributed by atoms with Gasteiger partial charge in [-0.3, -0.25) is 4.79 Å². The average molecular weight is 207 g/mol. The van der Waals surface area contributed by atoms with E-state index in [-0.39, 0.29) is 0 Å². The molecule has 3 heteroatoms. The minimum Gasteiger partial charge on any atom is -0.376 e. The van der Waals surface area contributed by atoms with Crippen LogP contribution in [0.1, 0.15) is 36.2 Å². The summed E-state index contributed by atoms with van der Waals surface area (Å²) in [6.45, 7) is 1.48. The van der Waals surface area contributed by atoms with Crippen LogP contribution >= 0.6 is 0 Å². The van der Waals surface area contributed by atoms with Gasteiger partial charge in [0.15, 0.2) is 6.29 Å². The average Bonchev–Trinajstić information content (AvgIpc) is 2.88. The van der Waals surface area contributed by atoms with E-state index in [1.54, 1.807) is 0 Å². The van der Waals surface area contributed by atoms with Gasteiger partial charge in [-0.05, 0) is 25.0 Å². The van der Waals surface area contributed by atoms with Gasteiger partial charge in [0.2, 0.25) is 0 Å². The molecule has 0 unspecified atom stereocenters. The molecule has 2 rings (SSSR count). The molecular formula is C12H17NO2. The van der Waals surface area contributed by atoms with Crippen molar-refractivity contribution in [3.05, 3.63) is 24.0 Å². The van der Waals surface area contributed by atoms with Crippen LogP contribution < -0.4 is 0 Å². The number of rotatable bonds is 5. The molecule has 1 saturated carbocycles. The van der Waals surface area contributed by atoms with Gasteiger partial charge >= 0.3 is 0 Å². The lowest BCUT2D eigenvalue weighted by atomic mass is 10.3. The molecule has 0 saturated heterocycles. The smallest absolute Gasteiger partial charge is 0.166 e. The van der Waals surface area contributed by atoms with E-state index < -0.39 is 0 Å². The molecule has 82 valence electrons. The van der Waals surface area contributed by atoms with Crippen LogP contribution in [0.2, 0.25) is 0 Å². The van der Waals surface area contributed by atoms with E-state index in [0.29, 0.717) is 12.7 Å². The summed E-state index contributed by atoms with van der Waals surface area (Å²) >= 11 is 0. The number of aldehydes is 1. The Bertz CT molecular complexity index is 313. The van der Waals surface area contributed by atoms with E-state index >= 15 is 0 Å². The van der Waals surface area contributed by atoms with Crippen molar-refractivity contribution in [2.24, 2.45) is 0 Å². The van der Waals surface area contributed by atoms with Gasteiger partial charge < -0.3 is 9.30 Å². The molecule has 0 amide bonds. The predicted octanol–water partition coefficient (Wildman–Crippen LogP) is 2.26. The van der Waals surface area contributed by atoms with Crippen molar-refractivity contribution in [2.45, 2.75) is 38.3 Å². The zero-order chi connectivity index (χ0) is 10.5. The molecule has 0 spiro atoms. The van der Waals surface area contributed by atoms with Crippen molar-refractivity contribution in [3.63, 3.8) is 0 Å². The Morgan fingerprint density at radius 3 is 3.00 bits per heavy atom. The first-order valence-corrected chi connectivity index (χ1v) is 5.62. The number of carbonyl (C=O) groups is 1. The number of carbonyl (C=O) groups excluding carboxylic acids is 1. The van der Waals surface area contributed by atoms with Crippen molar-refractivity contribution >= 4 is 6.29 Å². The monoisotopic (exact) mass is 207 g/mol. The Morgan fingerprint density at radius 2 is 2.27 bits per heavy atom. The molecule has 3 nitrogen and oxygen atoms in total. The fourth-order valence-electron chi connectivity index (χ4n) is 2.11. The third-order valence-corrected chi connectivity index (χ3v) is 2.97. The summed E-state index contributed by atoms with van der Waals surface area (Å²) in [6, 6.07) is 3.71. The molecule has 0 bridgehead atoms. The lowest BCUT2D eigenvalue weighted by Crippen LogP contribution is -2.13. The maximum Gasteiger partial charge on any atom is 0.166 e. The van der Waals surface area contributed by atoms with E-state index in [4.69, 9.17) is 4.74 Å². The highest BCUT2D eigenvalue weighted by molar-refractivity contribution is 5.72. The summed E-state index contributed by atoms with van der Waals surface area (Å²) in [5.74, 6) is 0. The van der Waals surface area contributed by atoms with Gasteiger partial charge in [-0.25, -0.2) is 0 Å². The Kier molecular flexibility index (Phi) is 3.56. The summed E-state index contributed by atoms with van der Waals surface area (Å²) in [6.07, 6.45) is 8.26. The number of aromatic nitrogens is 1. The highest BCUT2D eigenvalue weighted by atomic mass is 16.5. The summed E-state index contributed by atoms with van der Waals surface area (Å²) in [5, 5.41) is 0. The first-order chi connectivity index (χ1) is 7.40. The Balaban J connectivity index is 1.75. The molecule has 1 fully saturated rings. The minimum atomic E-state index is 0.459. The molecule has 15 heavy (non-hydrogen) atoms. The van der Waals surface area contributed by atoms with Crippen molar-refractivity contribution in [3.8, 4) is 0 Å². The highest BCUT2D eigenvalue weighted by Gasteiger charge is 2.14. The largest absolute Gasteiger partial charge is 0.376 e. The Labute approximate surface area is 90.0 Å². The molecule has 1 aromatic heterocycles. The standard InChI is InChI=1S/C12H17NO2/c14-10-11-4-3-7-13(11)8-9-15-12-5-1-2-6-12/h3-4,7,10,12H,1-2,5-6,8-9H2. The Morgan fingerprint density at radius 1 is 1.47 bits per heavy atom. The van der Waals surface area contributed by atoms with Gasteiger partial charge in [-0.2, -0.15) is 0 Å². The molecule has 1 aliphatic carbocycles. The number of hydrogen-bond acceptors (Lipinski definition) is 2. The second-order valence-electron chi connectivity index (χ2n) is 4.02. The summed E-state index contributed by atoms with van der Waals surface area (Å²) in [5.41, 5.74) is 0.727. The van der Waals surface area contributed by atoms with Gasteiger partial charge in [0.25, 0.3) is 0 Å². The molecular weight excluding hydrogens is 190 g/mol. The van der Waals surface area contributed by atoms with Crippen LogP contribution in [0, 0.1) is 0 Å². The molecule has 0 aliphatic heterocycles. The van der Waals surface area contributed by atoms with Crippen LogP contribution in [0.15, 0.2) is 18.3 Å². The van der Waals surface area contributed by atoms with E-state index in [1.807, 2.05) is 22.9 Å². The first kappa shape index (κ1) is 10.4. The van der Waals surface area contributed by atoms with Crippen LogP contribution in [0.3, 0.4) is 0 Å². The molecule has 1 heterocycles. The van der Waals surface area contributed by atoms with Gasteiger partial charge in [0, 0.05) is 12.7 Å². The predicted molar refractivity (Wildman–Crippen MR) is 58.0 cm³/mol. The van der Waals surface area contributed by atoms with Gasteiger partial charge in [0.1, 0.15) is 0 Å². The minimum absolute atomic E-state index is 0.459. The third-order valence-electron chi connectivity index (χ3n) is 2.97. The molecule has 0 aromatic carbocycles. The van der Waals surface area contributed by atoms with Crippen LogP contribution in [0.5, 0.6) is 0 Å². The summed E-state index contributed by atoms with van der Waals surface area (Å²) in [4.78, 5) is 10.6. The van der Waals surface area contributed by atoms with Crippen LogP contribution in [0.4, 0.5) is 0 Å². The zero-order valence-corrected chi connectivity index (χ0v) is 8.89. The molecule has 0 radical (unpaired) electrons. The maximum absolute atomic E-state index is 10.6. The van der Waals surface area contributed by atoms with E-state index in [1.165, 1.54) is 25.7 Å². The lowest BCUT2D eigenvalue weighted by molar-refractivity contribution is 0.0527. The summed E-state index contributed by atoms with van der Waals surface area (Å²) < 4.78 is 7.67. The van der Waals surface area contributed by atoms with Crippen molar-refractivity contribution in [2.75, 3.05) is 6.61 Å². The fraction of sp³-hybridized carbons (Fsp3) is 0.583. The summed E-state index contributed by atoms with van der Waals surface area (Å²) in [7, 11) is 0. The topological polar surface area (TPSA) is 31.2 Å². The Hall–Kier alpha value is -1.09. The normalized spacial score (nSPS) is 17.1. The van der Waals surface area contributed by atoms with Crippen molar-refractivity contribution in [1.82, 2.24) is 4.57 Å². The third kappa shape index (κ3) is 2.69. The van der Waals surface area contributed by atoms with Crippen molar-refractivity contribution < 1.29 is 9.53 Å². The number of nitrogens with zero attached hydrogens (tertiary/aromatic N) is 1. The lowest BCUT2D eigenvalue weighted by Gasteiger charge is -2.11. The van der Waals surface area contributed by atoms with E-state index in [9.17, 15) is 4.79 Å². The van der Waals surface area contributed by atoms with E-state index in [0.717, 1.165) is 18.5 Å². The van der Waals surface area contributed by atoms with Crippen LogP contribution in [0.25, 0.3) is 0 Å². The molecule has 0 N–H and O–H groups in total. The first-order valence-electron chi connectivity index (χ1n) is 5.62. The van der Waals surface area contributed by atoms with Crippen molar-refractivity contribution in [1.29, 1.82) is 0 Å². The molecule has 1 aromatic rings. The van der Waals surface area contributed by atoms with Gasteiger partial charge in [0.05, 0.1) is 18.4 Å². The molecule has 0 atom stereocenters. The maximum atomic E-state index is 10.6. The fourth-order valence-corrected chi connectivity index (χ4v) is 2.11. The molecule has 1 aliphatic rings. The van der Waals surface area contributed by atoms with Gasteiger partial charge in [-0.15, -0.1) is 0 Å². The number of hydrogen-bond donors (Lipinski definition) is 0.